The Balaban J connectivity index is 1.97. The van der Waals surface area contributed by atoms with Gasteiger partial charge in [0.1, 0.15) is 4.90 Å². The molecule has 0 saturated heterocycles. The second kappa shape index (κ2) is 6.73. The molecule has 0 aliphatic heterocycles. The lowest BCUT2D eigenvalue weighted by atomic mass is 9.91. The van der Waals surface area contributed by atoms with Crippen LogP contribution in [0.15, 0.2) is 65.6 Å². The van der Waals surface area contributed by atoms with E-state index >= 15 is 0 Å². The standard InChI is InChI=1S/C24H22O3S/c1-15-6-4-8-20-18(12-10-16(2)23(15)20)14-19-7-5-9-21-22(28(25,26)27)13-11-17(3)24(19)21/h4-13H,14H2,1-3H3,(H,25,26,27). The molecule has 0 radical (unpaired) electrons. The van der Waals surface area contributed by atoms with Gasteiger partial charge in [0.25, 0.3) is 10.1 Å². The molecule has 0 unspecified atom stereocenters. The highest BCUT2D eigenvalue weighted by Gasteiger charge is 2.17. The van der Waals surface area contributed by atoms with E-state index in [0.717, 1.165) is 16.5 Å². The molecule has 0 amide bonds. The van der Waals surface area contributed by atoms with Crippen LogP contribution in [0.1, 0.15) is 27.8 Å². The Morgan fingerprint density at radius 1 is 0.679 bits per heavy atom. The van der Waals surface area contributed by atoms with E-state index in [9.17, 15) is 13.0 Å². The summed E-state index contributed by atoms with van der Waals surface area (Å²) < 4.78 is 33.3. The van der Waals surface area contributed by atoms with Crippen LogP contribution in [0, 0.1) is 20.8 Å². The molecule has 0 aliphatic rings. The van der Waals surface area contributed by atoms with Crippen molar-refractivity contribution in [2.75, 3.05) is 0 Å². The molecular formula is C24H22O3S. The first-order chi connectivity index (χ1) is 13.3. The molecule has 0 aliphatic carbocycles. The number of hydrogen-bond donors (Lipinski definition) is 1. The van der Waals surface area contributed by atoms with Crippen molar-refractivity contribution >= 4 is 31.7 Å². The lowest BCUT2D eigenvalue weighted by Gasteiger charge is -2.15. The van der Waals surface area contributed by atoms with E-state index in [2.05, 4.69) is 44.2 Å². The first kappa shape index (κ1) is 18.7. The minimum Gasteiger partial charge on any atom is -0.282 e. The number of fused-ring (bicyclic) bond motifs is 2. The molecule has 142 valence electrons. The zero-order chi connectivity index (χ0) is 20.1. The van der Waals surface area contributed by atoms with Crippen molar-refractivity contribution in [3.8, 4) is 0 Å². The first-order valence-corrected chi connectivity index (χ1v) is 10.7. The number of rotatable bonds is 3. The minimum absolute atomic E-state index is 0.0421. The molecule has 4 aromatic carbocycles. The van der Waals surface area contributed by atoms with E-state index < -0.39 is 10.1 Å². The predicted octanol–water partition coefficient (Wildman–Crippen LogP) is 5.76. The van der Waals surface area contributed by atoms with Crippen molar-refractivity contribution in [2.45, 2.75) is 32.1 Å². The molecule has 0 bridgehead atoms. The van der Waals surface area contributed by atoms with Crippen LogP contribution in [-0.4, -0.2) is 13.0 Å². The quantitative estimate of drug-likeness (QED) is 0.453. The second-order valence-corrected chi connectivity index (χ2v) is 8.80. The van der Waals surface area contributed by atoms with Crippen molar-refractivity contribution in [2.24, 2.45) is 0 Å². The zero-order valence-electron chi connectivity index (χ0n) is 16.2. The van der Waals surface area contributed by atoms with Gasteiger partial charge >= 0.3 is 0 Å². The Morgan fingerprint density at radius 3 is 2.04 bits per heavy atom. The van der Waals surface area contributed by atoms with Crippen LogP contribution in [-0.2, 0) is 16.5 Å². The van der Waals surface area contributed by atoms with Crippen LogP contribution >= 0.6 is 0 Å². The molecule has 0 heterocycles. The fourth-order valence-corrected chi connectivity index (χ4v) is 4.92. The van der Waals surface area contributed by atoms with Gasteiger partial charge in [0, 0.05) is 5.39 Å². The summed E-state index contributed by atoms with van der Waals surface area (Å²) in [6, 6.07) is 19.5. The Labute approximate surface area is 165 Å². The van der Waals surface area contributed by atoms with Crippen molar-refractivity contribution < 1.29 is 13.0 Å². The second-order valence-electron chi connectivity index (χ2n) is 7.41. The van der Waals surface area contributed by atoms with Crippen molar-refractivity contribution in [3.63, 3.8) is 0 Å². The SMILES string of the molecule is Cc1cccc2c(Cc3cccc4c(S(=O)(=O)O)ccc(C)c34)ccc(C)c12. The minimum atomic E-state index is -4.28. The monoisotopic (exact) mass is 390 g/mol. The van der Waals surface area contributed by atoms with Crippen molar-refractivity contribution in [1.29, 1.82) is 0 Å². The summed E-state index contributed by atoms with van der Waals surface area (Å²) in [5, 5.41) is 3.95. The maximum Gasteiger partial charge on any atom is 0.295 e. The van der Waals surface area contributed by atoms with E-state index in [1.807, 2.05) is 19.1 Å². The van der Waals surface area contributed by atoms with Gasteiger partial charge in [0.15, 0.2) is 0 Å². The Morgan fingerprint density at radius 2 is 1.29 bits per heavy atom. The third-order valence-electron chi connectivity index (χ3n) is 5.50. The molecular weight excluding hydrogens is 368 g/mol. The van der Waals surface area contributed by atoms with Crippen LogP contribution in [0.2, 0.25) is 0 Å². The Bertz CT molecular complexity index is 1330. The molecule has 0 atom stereocenters. The maximum absolute atomic E-state index is 11.8. The molecule has 3 nitrogen and oxygen atoms in total. The Hall–Kier alpha value is -2.69. The van der Waals surface area contributed by atoms with E-state index in [0.29, 0.717) is 11.8 Å². The Kier molecular flexibility index (Phi) is 4.48. The summed E-state index contributed by atoms with van der Waals surface area (Å²) in [4.78, 5) is -0.0421. The van der Waals surface area contributed by atoms with Crippen LogP contribution in [0.25, 0.3) is 21.5 Å². The lowest BCUT2D eigenvalue weighted by molar-refractivity contribution is 0.484. The molecule has 0 aromatic heterocycles. The highest BCUT2D eigenvalue weighted by atomic mass is 32.2. The number of aryl methyl sites for hydroxylation is 3. The van der Waals surface area contributed by atoms with Crippen LogP contribution < -0.4 is 0 Å². The lowest BCUT2D eigenvalue weighted by Crippen LogP contribution is -2.01. The van der Waals surface area contributed by atoms with Crippen LogP contribution in [0.5, 0.6) is 0 Å². The summed E-state index contributed by atoms with van der Waals surface area (Å²) >= 11 is 0. The smallest absolute Gasteiger partial charge is 0.282 e. The summed E-state index contributed by atoms with van der Waals surface area (Å²) in [5.41, 5.74) is 5.74. The zero-order valence-corrected chi connectivity index (χ0v) is 17.0. The molecule has 4 heteroatoms. The molecule has 0 fully saturated rings. The number of benzene rings is 4. The van der Waals surface area contributed by atoms with Gasteiger partial charge < -0.3 is 0 Å². The summed E-state index contributed by atoms with van der Waals surface area (Å²) in [7, 11) is -4.28. The summed E-state index contributed by atoms with van der Waals surface area (Å²) in [6.45, 7) is 6.22. The first-order valence-electron chi connectivity index (χ1n) is 9.24. The third-order valence-corrected chi connectivity index (χ3v) is 6.41. The largest absolute Gasteiger partial charge is 0.295 e. The third kappa shape index (κ3) is 3.09. The van der Waals surface area contributed by atoms with E-state index in [4.69, 9.17) is 0 Å². The van der Waals surface area contributed by atoms with Gasteiger partial charge in [-0.05, 0) is 77.2 Å². The van der Waals surface area contributed by atoms with Gasteiger partial charge in [-0.1, -0.05) is 54.6 Å². The highest BCUT2D eigenvalue weighted by molar-refractivity contribution is 7.86. The summed E-state index contributed by atoms with van der Waals surface area (Å²) in [5.74, 6) is 0. The predicted molar refractivity (Wildman–Crippen MR) is 115 cm³/mol. The molecule has 4 rings (SSSR count). The molecule has 4 aromatic rings. The molecule has 1 N–H and O–H groups in total. The van der Waals surface area contributed by atoms with Gasteiger partial charge in [0.05, 0.1) is 0 Å². The number of hydrogen-bond acceptors (Lipinski definition) is 2. The summed E-state index contributed by atoms with van der Waals surface area (Å²) in [6.07, 6.45) is 0.688. The fraction of sp³-hybridized carbons (Fsp3) is 0.167. The van der Waals surface area contributed by atoms with Gasteiger partial charge in [-0.3, -0.25) is 4.55 Å². The van der Waals surface area contributed by atoms with Crippen LogP contribution in [0.4, 0.5) is 0 Å². The normalized spacial score (nSPS) is 12.0. The average molecular weight is 391 g/mol. The molecule has 0 spiro atoms. The van der Waals surface area contributed by atoms with Crippen LogP contribution in [0.3, 0.4) is 0 Å². The highest BCUT2D eigenvalue weighted by Crippen LogP contribution is 2.32. The van der Waals surface area contributed by atoms with Crippen molar-refractivity contribution in [3.05, 3.63) is 88.5 Å². The topological polar surface area (TPSA) is 54.4 Å². The van der Waals surface area contributed by atoms with Gasteiger partial charge in [-0.15, -0.1) is 0 Å². The molecule has 28 heavy (non-hydrogen) atoms. The molecule has 0 saturated carbocycles. The van der Waals surface area contributed by atoms with Crippen molar-refractivity contribution in [1.82, 2.24) is 0 Å². The van der Waals surface area contributed by atoms with E-state index in [1.165, 1.54) is 33.5 Å². The van der Waals surface area contributed by atoms with E-state index in [-0.39, 0.29) is 4.90 Å². The van der Waals surface area contributed by atoms with E-state index in [1.54, 1.807) is 12.1 Å². The van der Waals surface area contributed by atoms with Gasteiger partial charge in [-0.25, -0.2) is 0 Å². The van der Waals surface area contributed by atoms with Gasteiger partial charge in [0.2, 0.25) is 0 Å². The fourth-order valence-electron chi connectivity index (χ4n) is 4.23. The van der Waals surface area contributed by atoms with Gasteiger partial charge in [-0.2, -0.15) is 8.42 Å². The average Bonchev–Trinajstić information content (AvgIpc) is 2.63. The maximum atomic E-state index is 11.8.